The summed E-state index contributed by atoms with van der Waals surface area (Å²) in [7, 11) is -1.38. The first-order chi connectivity index (χ1) is 13.2. The van der Waals surface area contributed by atoms with Crippen molar-refractivity contribution in [3.63, 3.8) is 0 Å². The van der Waals surface area contributed by atoms with Gasteiger partial charge in [0.1, 0.15) is 11.5 Å². The van der Waals surface area contributed by atoms with Gasteiger partial charge in [-0.2, -0.15) is 0 Å². The van der Waals surface area contributed by atoms with Crippen molar-refractivity contribution >= 4 is 21.6 Å². The number of carbonyl (C=O) groups excluding carboxylic acids is 1. The number of sulfone groups is 1. The van der Waals surface area contributed by atoms with Crippen LogP contribution in [0.2, 0.25) is 0 Å². The van der Waals surface area contributed by atoms with E-state index in [1.807, 2.05) is 18.9 Å². The molecule has 0 radical (unpaired) electrons. The van der Waals surface area contributed by atoms with E-state index < -0.39 is 9.84 Å². The van der Waals surface area contributed by atoms with Crippen LogP contribution < -0.4 is 10.1 Å². The molecule has 0 saturated carbocycles. The van der Waals surface area contributed by atoms with Gasteiger partial charge in [-0.15, -0.1) is 0 Å². The van der Waals surface area contributed by atoms with Crippen LogP contribution in [0.5, 0.6) is 5.75 Å². The summed E-state index contributed by atoms with van der Waals surface area (Å²) >= 11 is 0. The van der Waals surface area contributed by atoms with Crippen molar-refractivity contribution in [3.8, 4) is 5.75 Å². The Morgan fingerprint density at radius 1 is 1.36 bits per heavy atom. The largest absolute Gasteiger partial charge is 0.494 e. The van der Waals surface area contributed by atoms with Gasteiger partial charge in [0.25, 0.3) is 0 Å². The van der Waals surface area contributed by atoms with Gasteiger partial charge in [-0.3, -0.25) is 9.69 Å². The predicted octanol–water partition coefficient (Wildman–Crippen LogP) is 2.50. The van der Waals surface area contributed by atoms with Crippen LogP contribution in [0.3, 0.4) is 0 Å². The Hall–Kier alpha value is -2.39. The van der Waals surface area contributed by atoms with Crippen LogP contribution in [0.25, 0.3) is 0 Å². The van der Waals surface area contributed by atoms with Gasteiger partial charge in [-0.05, 0) is 45.0 Å². The summed E-state index contributed by atoms with van der Waals surface area (Å²) in [4.78, 5) is 14.6. The molecule has 0 aliphatic heterocycles. The van der Waals surface area contributed by atoms with E-state index in [-0.39, 0.29) is 16.8 Å². The van der Waals surface area contributed by atoms with Gasteiger partial charge in [0.2, 0.25) is 5.91 Å². The van der Waals surface area contributed by atoms with Crippen molar-refractivity contribution in [2.45, 2.75) is 37.6 Å². The molecule has 28 heavy (non-hydrogen) atoms. The second kappa shape index (κ2) is 9.70. The number of hydrogen-bond donors (Lipinski definition) is 1. The molecule has 0 spiro atoms. The van der Waals surface area contributed by atoms with Crippen molar-refractivity contribution in [3.05, 3.63) is 36.1 Å². The summed E-state index contributed by atoms with van der Waals surface area (Å²) < 4.78 is 33.8. The molecule has 0 aliphatic carbocycles. The number of nitrogens with one attached hydrogen (secondary N) is 1. The molecule has 1 N–H and O–H groups in total. The first-order valence-electron chi connectivity index (χ1n) is 9.08. The lowest BCUT2D eigenvalue weighted by Crippen LogP contribution is -2.42. The molecular weight excluding hydrogens is 382 g/mol. The minimum absolute atomic E-state index is 0.139. The number of rotatable bonds is 10. The highest BCUT2D eigenvalue weighted by atomic mass is 32.2. The normalized spacial score (nSPS) is 12.8. The second-order valence-corrected chi connectivity index (χ2v) is 8.68. The quantitative estimate of drug-likeness (QED) is 0.602. The van der Waals surface area contributed by atoms with Crippen LogP contribution in [0, 0.1) is 6.92 Å². The smallest absolute Gasteiger partial charge is 0.242 e. The summed E-state index contributed by atoms with van der Waals surface area (Å²) in [6.45, 7) is 4.77. The zero-order valence-corrected chi connectivity index (χ0v) is 17.5. The Labute approximate surface area is 165 Å². The lowest BCUT2D eigenvalue weighted by Gasteiger charge is -2.25. The number of ether oxygens (including phenoxy) is 1. The molecule has 1 aromatic heterocycles. The van der Waals surface area contributed by atoms with Crippen molar-refractivity contribution in [2.24, 2.45) is 0 Å². The van der Waals surface area contributed by atoms with Crippen molar-refractivity contribution < 1.29 is 22.5 Å². The first-order valence-corrected chi connectivity index (χ1v) is 11.0. The standard InChI is InChI=1S/C19H27N3O5S/c1-5-17(19(23)20-18-12-14(2)27-21-18)22(3)10-7-11-26-15-8-6-9-16(13-15)28(4,24)25/h6,8-9,12-13,17H,5,7,10-11H2,1-4H3,(H,20,21,23). The van der Waals surface area contributed by atoms with E-state index in [0.29, 0.717) is 43.3 Å². The van der Waals surface area contributed by atoms with Crippen molar-refractivity contribution in [1.29, 1.82) is 0 Å². The van der Waals surface area contributed by atoms with E-state index in [4.69, 9.17) is 9.26 Å². The summed E-state index contributed by atoms with van der Waals surface area (Å²) in [5.41, 5.74) is 0. The molecule has 8 nitrogen and oxygen atoms in total. The molecule has 154 valence electrons. The predicted molar refractivity (Wildman–Crippen MR) is 106 cm³/mol. The van der Waals surface area contributed by atoms with Gasteiger partial charge in [0.05, 0.1) is 17.5 Å². The first kappa shape index (κ1) is 21.9. The van der Waals surface area contributed by atoms with Crippen LogP contribution in [-0.4, -0.2) is 56.9 Å². The zero-order valence-electron chi connectivity index (χ0n) is 16.6. The van der Waals surface area contributed by atoms with Crippen LogP contribution in [0.1, 0.15) is 25.5 Å². The Balaban J connectivity index is 1.82. The summed E-state index contributed by atoms with van der Waals surface area (Å²) in [6, 6.07) is 7.80. The third-order valence-corrected chi connectivity index (χ3v) is 5.37. The van der Waals surface area contributed by atoms with Gasteiger partial charge in [-0.25, -0.2) is 8.42 Å². The molecular formula is C19H27N3O5S. The second-order valence-electron chi connectivity index (χ2n) is 6.67. The Bertz CT molecular complexity index is 894. The van der Waals surface area contributed by atoms with Gasteiger partial charge < -0.3 is 14.6 Å². The van der Waals surface area contributed by atoms with Crippen LogP contribution in [-0.2, 0) is 14.6 Å². The molecule has 1 heterocycles. The molecule has 1 aromatic carbocycles. The Kier molecular flexibility index (Phi) is 7.59. The number of anilines is 1. The summed E-state index contributed by atoms with van der Waals surface area (Å²) in [6.07, 6.45) is 2.50. The molecule has 0 aliphatic rings. The van der Waals surface area contributed by atoms with Gasteiger partial charge in [-0.1, -0.05) is 18.1 Å². The van der Waals surface area contributed by atoms with Gasteiger partial charge in [0, 0.05) is 18.9 Å². The third-order valence-electron chi connectivity index (χ3n) is 4.26. The number of aromatic nitrogens is 1. The molecule has 0 bridgehead atoms. The lowest BCUT2D eigenvalue weighted by molar-refractivity contribution is -0.121. The van der Waals surface area contributed by atoms with Crippen LogP contribution in [0.4, 0.5) is 5.82 Å². The number of benzene rings is 1. The summed E-state index contributed by atoms with van der Waals surface area (Å²) in [5.74, 6) is 1.41. The lowest BCUT2D eigenvalue weighted by atomic mass is 10.1. The number of aryl methyl sites for hydroxylation is 1. The fraction of sp³-hybridized carbons (Fsp3) is 0.474. The average molecular weight is 410 g/mol. The molecule has 1 amide bonds. The fourth-order valence-corrected chi connectivity index (χ4v) is 3.44. The topological polar surface area (TPSA) is 102 Å². The van der Waals surface area contributed by atoms with Crippen LogP contribution in [0.15, 0.2) is 39.8 Å². The molecule has 2 aromatic rings. The van der Waals surface area contributed by atoms with E-state index in [0.717, 1.165) is 6.26 Å². The highest BCUT2D eigenvalue weighted by Crippen LogP contribution is 2.17. The Morgan fingerprint density at radius 2 is 2.11 bits per heavy atom. The molecule has 1 atom stereocenters. The number of carbonyl (C=O) groups is 1. The highest BCUT2D eigenvalue weighted by Gasteiger charge is 2.22. The molecule has 9 heteroatoms. The van der Waals surface area contributed by atoms with Gasteiger partial charge in [0.15, 0.2) is 15.7 Å². The summed E-state index contributed by atoms with van der Waals surface area (Å²) in [5, 5.41) is 6.53. The number of amides is 1. The monoisotopic (exact) mass is 409 g/mol. The SMILES string of the molecule is CCC(C(=O)Nc1cc(C)on1)N(C)CCCOc1cccc(S(C)(=O)=O)c1. The fourth-order valence-electron chi connectivity index (χ4n) is 2.79. The molecule has 0 saturated heterocycles. The van der Waals surface area contributed by atoms with E-state index in [1.165, 1.54) is 12.1 Å². The maximum atomic E-state index is 12.5. The molecule has 0 fully saturated rings. The number of hydrogen-bond acceptors (Lipinski definition) is 7. The van der Waals surface area contributed by atoms with Crippen molar-refractivity contribution in [1.82, 2.24) is 10.1 Å². The van der Waals surface area contributed by atoms with E-state index in [9.17, 15) is 13.2 Å². The van der Waals surface area contributed by atoms with Crippen molar-refractivity contribution in [2.75, 3.05) is 31.8 Å². The number of likely N-dealkylation sites (N-methyl/N-ethyl adjacent to an activating group) is 1. The zero-order chi connectivity index (χ0) is 20.7. The van der Waals surface area contributed by atoms with E-state index in [2.05, 4.69) is 10.5 Å². The van der Waals surface area contributed by atoms with Gasteiger partial charge >= 0.3 is 0 Å². The molecule has 1 unspecified atom stereocenters. The Morgan fingerprint density at radius 3 is 2.71 bits per heavy atom. The minimum Gasteiger partial charge on any atom is -0.494 e. The van der Waals surface area contributed by atoms with Crippen LogP contribution >= 0.6 is 0 Å². The highest BCUT2D eigenvalue weighted by molar-refractivity contribution is 7.90. The van der Waals surface area contributed by atoms with E-state index in [1.54, 1.807) is 25.1 Å². The minimum atomic E-state index is -3.26. The maximum Gasteiger partial charge on any atom is 0.242 e. The third kappa shape index (κ3) is 6.35. The maximum absolute atomic E-state index is 12.5. The average Bonchev–Trinajstić information content (AvgIpc) is 3.03. The van der Waals surface area contributed by atoms with E-state index >= 15 is 0 Å². The number of nitrogens with zero attached hydrogens (tertiary/aromatic N) is 2. The molecule has 2 rings (SSSR count).